The van der Waals surface area contributed by atoms with Crippen molar-refractivity contribution >= 4 is 0 Å². The van der Waals surface area contributed by atoms with Gasteiger partial charge in [-0.25, -0.2) is 0 Å². The molecule has 3 heteroatoms. The standard InChI is InChI=1S/C13H25NO2/c1-10(2)14-9-11(3)13(7-8-15)6-5-12(4)16/h5-7,10-12,14-16H,8-9H2,1-4H3/b6-5-,13-7+. The van der Waals surface area contributed by atoms with Crippen LogP contribution in [0.2, 0.25) is 0 Å². The summed E-state index contributed by atoms with van der Waals surface area (Å²) in [5.74, 6) is 0.324. The Kier molecular flexibility index (Phi) is 8.16. The number of nitrogens with one attached hydrogen (secondary N) is 1. The number of aliphatic hydroxyl groups excluding tert-OH is 2. The molecule has 0 spiro atoms. The van der Waals surface area contributed by atoms with Crippen LogP contribution in [0.15, 0.2) is 23.8 Å². The molecule has 2 unspecified atom stereocenters. The van der Waals surface area contributed by atoms with Crippen molar-refractivity contribution in [3.63, 3.8) is 0 Å². The normalized spacial score (nSPS) is 17.1. The Morgan fingerprint density at radius 3 is 2.31 bits per heavy atom. The van der Waals surface area contributed by atoms with Gasteiger partial charge < -0.3 is 15.5 Å². The van der Waals surface area contributed by atoms with Crippen LogP contribution in [0.25, 0.3) is 0 Å². The summed E-state index contributed by atoms with van der Waals surface area (Å²) in [6.07, 6.45) is 4.94. The van der Waals surface area contributed by atoms with Gasteiger partial charge in [-0.05, 0) is 18.4 Å². The average molecular weight is 227 g/mol. The van der Waals surface area contributed by atoms with Gasteiger partial charge in [0.05, 0.1) is 12.7 Å². The lowest BCUT2D eigenvalue weighted by atomic mass is 9.99. The second-order valence-electron chi connectivity index (χ2n) is 4.45. The zero-order valence-corrected chi connectivity index (χ0v) is 10.8. The molecule has 0 aliphatic carbocycles. The van der Waals surface area contributed by atoms with E-state index in [0.717, 1.165) is 12.1 Å². The van der Waals surface area contributed by atoms with Crippen LogP contribution in [-0.2, 0) is 0 Å². The van der Waals surface area contributed by atoms with Crippen LogP contribution in [0.3, 0.4) is 0 Å². The molecule has 0 aromatic carbocycles. The van der Waals surface area contributed by atoms with Crippen LogP contribution in [-0.4, -0.2) is 35.5 Å². The molecule has 0 amide bonds. The van der Waals surface area contributed by atoms with Gasteiger partial charge in [0.2, 0.25) is 0 Å². The van der Waals surface area contributed by atoms with Gasteiger partial charge in [0.15, 0.2) is 0 Å². The van der Waals surface area contributed by atoms with E-state index in [1.807, 2.05) is 6.08 Å². The quantitative estimate of drug-likeness (QED) is 0.577. The maximum atomic E-state index is 9.18. The fourth-order valence-electron chi connectivity index (χ4n) is 1.32. The summed E-state index contributed by atoms with van der Waals surface area (Å²) >= 11 is 0. The molecule has 0 fully saturated rings. The van der Waals surface area contributed by atoms with Crippen molar-refractivity contribution in [1.82, 2.24) is 5.32 Å². The Hall–Kier alpha value is -0.640. The van der Waals surface area contributed by atoms with Crippen molar-refractivity contribution in [2.45, 2.75) is 39.8 Å². The first-order valence-electron chi connectivity index (χ1n) is 5.88. The summed E-state index contributed by atoms with van der Waals surface area (Å²) in [6, 6.07) is 0.457. The molecule has 94 valence electrons. The Bertz CT molecular complexity index is 232. The SMILES string of the molecule is CC(O)/C=C\C(=C/CO)C(C)CNC(C)C. The van der Waals surface area contributed by atoms with Crippen LogP contribution in [0, 0.1) is 5.92 Å². The van der Waals surface area contributed by atoms with Crippen molar-refractivity contribution in [2.24, 2.45) is 5.92 Å². The molecule has 16 heavy (non-hydrogen) atoms. The first-order valence-corrected chi connectivity index (χ1v) is 5.88. The lowest BCUT2D eigenvalue weighted by molar-refractivity contribution is 0.244. The maximum absolute atomic E-state index is 9.18. The third-order valence-electron chi connectivity index (χ3n) is 2.30. The van der Waals surface area contributed by atoms with Crippen LogP contribution < -0.4 is 5.32 Å². The summed E-state index contributed by atoms with van der Waals surface area (Å²) in [5.41, 5.74) is 1.05. The Morgan fingerprint density at radius 2 is 1.88 bits per heavy atom. The highest BCUT2D eigenvalue weighted by atomic mass is 16.3. The van der Waals surface area contributed by atoms with Crippen LogP contribution in [0.5, 0.6) is 0 Å². The van der Waals surface area contributed by atoms with E-state index in [4.69, 9.17) is 5.11 Å². The molecule has 0 heterocycles. The van der Waals surface area contributed by atoms with Crippen LogP contribution >= 0.6 is 0 Å². The molecule has 0 aliphatic rings. The van der Waals surface area contributed by atoms with Crippen molar-refractivity contribution in [3.8, 4) is 0 Å². The Morgan fingerprint density at radius 1 is 1.25 bits per heavy atom. The third kappa shape index (κ3) is 7.63. The van der Waals surface area contributed by atoms with Crippen molar-refractivity contribution in [1.29, 1.82) is 0 Å². The van der Waals surface area contributed by atoms with Gasteiger partial charge in [0, 0.05) is 12.6 Å². The van der Waals surface area contributed by atoms with E-state index >= 15 is 0 Å². The summed E-state index contributed by atoms with van der Waals surface area (Å²) in [6.45, 7) is 8.92. The number of rotatable bonds is 7. The minimum absolute atomic E-state index is 0.0332. The van der Waals surface area contributed by atoms with Gasteiger partial charge in [-0.1, -0.05) is 39.0 Å². The number of hydrogen-bond donors (Lipinski definition) is 3. The van der Waals surface area contributed by atoms with Gasteiger partial charge in [0.25, 0.3) is 0 Å². The Balaban J connectivity index is 4.36. The maximum Gasteiger partial charge on any atom is 0.0695 e. The number of allylic oxidation sites excluding steroid dienone is 1. The molecule has 0 bridgehead atoms. The first kappa shape index (κ1) is 15.4. The van der Waals surface area contributed by atoms with E-state index in [9.17, 15) is 5.11 Å². The molecule has 0 rings (SSSR count). The second-order valence-corrected chi connectivity index (χ2v) is 4.45. The van der Waals surface area contributed by atoms with E-state index in [1.165, 1.54) is 0 Å². The fraction of sp³-hybridized carbons (Fsp3) is 0.692. The largest absolute Gasteiger partial charge is 0.392 e. The van der Waals surface area contributed by atoms with Gasteiger partial charge in [-0.2, -0.15) is 0 Å². The van der Waals surface area contributed by atoms with Gasteiger partial charge in [-0.15, -0.1) is 0 Å². The predicted octanol–water partition coefficient (Wildman–Crippen LogP) is 1.48. The highest BCUT2D eigenvalue weighted by molar-refractivity contribution is 5.22. The smallest absolute Gasteiger partial charge is 0.0695 e. The minimum Gasteiger partial charge on any atom is -0.392 e. The highest BCUT2D eigenvalue weighted by Gasteiger charge is 2.06. The van der Waals surface area contributed by atoms with Crippen molar-refractivity contribution < 1.29 is 10.2 Å². The molecule has 3 N–H and O–H groups in total. The highest BCUT2D eigenvalue weighted by Crippen LogP contribution is 2.11. The third-order valence-corrected chi connectivity index (χ3v) is 2.30. The molecule has 0 saturated heterocycles. The van der Waals surface area contributed by atoms with E-state index < -0.39 is 6.10 Å². The summed E-state index contributed by atoms with van der Waals surface area (Å²) < 4.78 is 0. The van der Waals surface area contributed by atoms with Crippen molar-refractivity contribution in [2.75, 3.05) is 13.2 Å². The lowest BCUT2D eigenvalue weighted by Gasteiger charge is -2.16. The summed E-state index contributed by atoms with van der Waals surface area (Å²) in [5, 5.41) is 21.5. The van der Waals surface area contributed by atoms with Crippen molar-refractivity contribution in [3.05, 3.63) is 23.8 Å². The van der Waals surface area contributed by atoms with E-state index in [2.05, 4.69) is 26.1 Å². The number of aliphatic hydroxyl groups is 2. The van der Waals surface area contributed by atoms with E-state index in [1.54, 1.807) is 19.1 Å². The lowest BCUT2D eigenvalue weighted by Crippen LogP contribution is -2.28. The Labute approximate surface area is 98.9 Å². The monoisotopic (exact) mass is 227 g/mol. The van der Waals surface area contributed by atoms with Gasteiger partial charge >= 0.3 is 0 Å². The summed E-state index contributed by atoms with van der Waals surface area (Å²) in [7, 11) is 0. The first-order chi connectivity index (χ1) is 7.47. The zero-order chi connectivity index (χ0) is 12.6. The van der Waals surface area contributed by atoms with Gasteiger partial charge in [-0.3, -0.25) is 0 Å². The molecule has 0 radical (unpaired) electrons. The van der Waals surface area contributed by atoms with E-state index in [-0.39, 0.29) is 6.61 Å². The van der Waals surface area contributed by atoms with E-state index in [0.29, 0.717) is 12.0 Å². The van der Waals surface area contributed by atoms with Crippen LogP contribution in [0.1, 0.15) is 27.7 Å². The molecule has 3 nitrogen and oxygen atoms in total. The molecule has 0 aromatic heterocycles. The van der Waals surface area contributed by atoms with Gasteiger partial charge in [0.1, 0.15) is 0 Å². The molecule has 0 saturated carbocycles. The summed E-state index contributed by atoms with van der Waals surface area (Å²) in [4.78, 5) is 0. The minimum atomic E-state index is -0.452. The molecular weight excluding hydrogens is 202 g/mol. The fourth-order valence-corrected chi connectivity index (χ4v) is 1.32. The second kappa shape index (κ2) is 8.50. The zero-order valence-electron chi connectivity index (χ0n) is 10.8. The predicted molar refractivity (Wildman–Crippen MR) is 68.3 cm³/mol. The van der Waals surface area contributed by atoms with Crippen LogP contribution in [0.4, 0.5) is 0 Å². The average Bonchev–Trinajstić information content (AvgIpc) is 2.20. The molecule has 0 aliphatic heterocycles. The molecule has 0 aromatic rings. The number of hydrogen-bond acceptors (Lipinski definition) is 3. The molecule has 2 atom stereocenters. The topological polar surface area (TPSA) is 52.5 Å². The molecular formula is C13H25NO2.